The summed E-state index contributed by atoms with van der Waals surface area (Å²) < 4.78 is 6.63. The number of rotatable bonds is 10. The van der Waals surface area contributed by atoms with Crippen molar-refractivity contribution in [1.29, 1.82) is 0 Å². The van der Waals surface area contributed by atoms with Gasteiger partial charge in [-0.05, 0) is 56.5 Å². The van der Waals surface area contributed by atoms with Crippen LogP contribution < -0.4 is 15.8 Å². The van der Waals surface area contributed by atoms with Crippen LogP contribution >= 0.6 is 28.3 Å². The van der Waals surface area contributed by atoms with Crippen LogP contribution in [0.15, 0.2) is 28.7 Å². The van der Waals surface area contributed by atoms with Gasteiger partial charge in [0.2, 0.25) is 5.91 Å². The fourth-order valence-corrected chi connectivity index (χ4v) is 1.96. The van der Waals surface area contributed by atoms with E-state index in [1.54, 1.807) is 0 Å². The molecule has 0 fully saturated rings. The SMILES string of the molecule is Cl.NCCCCNC(=O)CCCCOc1ccc(Br)cc1. The van der Waals surface area contributed by atoms with Crippen LogP contribution in [0.3, 0.4) is 0 Å². The number of carbonyl (C=O) groups is 1. The lowest BCUT2D eigenvalue weighted by molar-refractivity contribution is -0.121. The first-order chi connectivity index (χ1) is 9.72. The van der Waals surface area contributed by atoms with Crippen molar-refractivity contribution in [3.05, 3.63) is 28.7 Å². The van der Waals surface area contributed by atoms with Gasteiger partial charge in [0.15, 0.2) is 0 Å². The van der Waals surface area contributed by atoms with Gasteiger partial charge >= 0.3 is 0 Å². The molecule has 0 saturated carbocycles. The fourth-order valence-electron chi connectivity index (χ4n) is 1.69. The van der Waals surface area contributed by atoms with Gasteiger partial charge in [-0.2, -0.15) is 0 Å². The number of nitrogens with two attached hydrogens (primary N) is 1. The molecule has 0 aromatic heterocycles. The number of ether oxygens (including phenoxy) is 1. The zero-order valence-corrected chi connectivity index (χ0v) is 14.5. The molecular weight excluding hydrogens is 356 g/mol. The van der Waals surface area contributed by atoms with E-state index in [0.717, 1.165) is 42.5 Å². The van der Waals surface area contributed by atoms with Crippen LogP contribution in [-0.2, 0) is 4.79 Å². The first kappa shape index (κ1) is 20.2. The molecule has 1 amide bonds. The van der Waals surface area contributed by atoms with Crippen molar-refractivity contribution >= 4 is 34.2 Å². The number of nitrogens with one attached hydrogen (secondary N) is 1. The van der Waals surface area contributed by atoms with Crippen LogP contribution in [0, 0.1) is 0 Å². The number of benzene rings is 1. The zero-order chi connectivity index (χ0) is 14.6. The topological polar surface area (TPSA) is 64.3 Å². The van der Waals surface area contributed by atoms with Gasteiger partial charge in [0.1, 0.15) is 5.75 Å². The number of hydrogen-bond acceptors (Lipinski definition) is 3. The first-order valence-corrected chi connectivity index (χ1v) is 7.87. The molecule has 0 heterocycles. The summed E-state index contributed by atoms with van der Waals surface area (Å²) in [6.07, 6.45) is 4.20. The maximum absolute atomic E-state index is 11.5. The molecule has 0 bridgehead atoms. The molecule has 0 aliphatic carbocycles. The number of hydrogen-bond donors (Lipinski definition) is 2. The van der Waals surface area contributed by atoms with Gasteiger partial charge < -0.3 is 15.8 Å². The molecular formula is C15H24BrClN2O2. The predicted molar refractivity (Wildman–Crippen MR) is 92.0 cm³/mol. The van der Waals surface area contributed by atoms with E-state index in [1.807, 2.05) is 24.3 Å². The summed E-state index contributed by atoms with van der Waals surface area (Å²) in [4.78, 5) is 11.5. The fraction of sp³-hybridized carbons (Fsp3) is 0.533. The quantitative estimate of drug-likeness (QED) is 0.613. The van der Waals surface area contributed by atoms with Crippen molar-refractivity contribution in [1.82, 2.24) is 5.32 Å². The monoisotopic (exact) mass is 378 g/mol. The second kappa shape index (κ2) is 12.9. The van der Waals surface area contributed by atoms with E-state index in [9.17, 15) is 4.79 Å². The van der Waals surface area contributed by atoms with E-state index in [4.69, 9.17) is 10.5 Å². The molecule has 1 aromatic carbocycles. The van der Waals surface area contributed by atoms with Crippen molar-refractivity contribution in [3.8, 4) is 5.75 Å². The summed E-state index contributed by atoms with van der Waals surface area (Å²) in [6.45, 7) is 2.05. The number of carbonyl (C=O) groups excluding carboxylic acids is 1. The maximum Gasteiger partial charge on any atom is 0.219 e. The molecule has 0 aliphatic heterocycles. The Hall–Kier alpha value is -0.780. The third-order valence-corrected chi connectivity index (χ3v) is 3.36. The maximum atomic E-state index is 11.5. The lowest BCUT2D eigenvalue weighted by Gasteiger charge is -2.07. The van der Waals surface area contributed by atoms with Gasteiger partial charge in [0.05, 0.1) is 6.61 Å². The minimum Gasteiger partial charge on any atom is -0.494 e. The molecule has 0 saturated heterocycles. The molecule has 21 heavy (non-hydrogen) atoms. The second-order valence-electron chi connectivity index (χ2n) is 4.61. The highest BCUT2D eigenvalue weighted by atomic mass is 79.9. The van der Waals surface area contributed by atoms with E-state index in [-0.39, 0.29) is 18.3 Å². The van der Waals surface area contributed by atoms with Gasteiger partial charge in [-0.3, -0.25) is 4.79 Å². The molecule has 120 valence electrons. The summed E-state index contributed by atoms with van der Waals surface area (Å²) in [5.41, 5.74) is 5.39. The number of unbranched alkanes of at least 4 members (excludes halogenated alkanes) is 2. The van der Waals surface area contributed by atoms with E-state index >= 15 is 0 Å². The number of halogens is 2. The van der Waals surface area contributed by atoms with Crippen LogP contribution in [0.4, 0.5) is 0 Å². The Morgan fingerprint density at radius 1 is 1.14 bits per heavy atom. The third kappa shape index (κ3) is 10.6. The largest absolute Gasteiger partial charge is 0.494 e. The van der Waals surface area contributed by atoms with Crippen molar-refractivity contribution in [2.24, 2.45) is 5.73 Å². The standard InChI is InChI=1S/C15H23BrN2O2.ClH/c16-13-6-8-14(9-7-13)20-12-4-1-5-15(19)18-11-3-2-10-17;/h6-9H,1-5,10-12,17H2,(H,18,19);1H. The van der Waals surface area contributed by atoms with Crippen LogP contribution in [0.25, 0.3) is 0 Å². The Bertz CT molecular complexity index is 388. The van der Waals surface area contributed by atoms with Crippen molar-refractivity contribution in [2.45, 2.75) is 32.1 Å². The van der Waals surface area contributed by atoms with Crippen LogP contribution in [0.2, 0.25) is 0 Å². The van der Waals surface area contributed by atoms with Crippen molar-refractivity contribution in [2.75, 3.05) is 19.7 Å². The Balaban J connectivity index is 0.00000400. The molecule has 0 unspecified atom stereocenters. The third-order valence-electron chi connectivity index (χ3n) is 2.83. The molecule has 0 radical (unpaired) electrons. The molecule has 6 heteroatoms. The molecule has 4 nitrogen and oxygen atoms in total. The molecule has 1 rings (SSSR count). The minimum absolute atomic E-state index is 0. The highest BCUT2D eigenvalue weighted by molar-refractivity contribution is 9.10. The van der Waals surface area contributed by atoms with Crippen LogP contribution in [0.1, 0.15) is 32.1 Å². The van der Waals surface area contributed by atoms with Gasteiger partial charge in [0.25, 0.3) is 0 Å². The van der Waals surface area contributed by atoms with E-state index < -0.39 is 0 Å². The average molecular weight is 380 g/mol. The van der Waals surface area contributed by atoms with Crippen molar-refractivity contribution < 1.29 is 9.53 Å². The highest BCUT2D eigenvalue weighted by Gasteiger charge is 2.00. The van der Waals surface area contributed by atoms with E-state index in [1.165, 1.54) is 0 Å². The average Bonchev–Trinajstić information content (AvgIpc) is 2.45. The van der Waals surface area contributed by atoms with Gasteiger partial charge in [-0.25, -0.2) is 0 Å². The Kier molecular flexibility index (Phi) is 12.4. The summed E-state index contributed by atoms with van der Waals surface area (Å²) in [7, 11) is 0. The van der Waals surface area contributed by atoms with Crippen molar-refractivity contribution in [3.63, 3.8) is 0 Å². The normalized spacial score (nSPS) is 9.81. The van der Waals surface area contributed by atoms with Gasteiger partial charge in [-0.15, -0.1) is 12.4 Å². The summed E-state index contributed by atoms with van der Waals surface area (Å²) in [5, 5.41) is 2.89. The summed E-state index contributed by atoms with van der Waals surface area (Å²) in [6, 6.07) is 7.75. The van der Waals surface area contributed by atoms with Gasteiger partial charge in [0, 0.05) is 17.4 Å². The molecule has 0 spiro atoms. The van der Waals surface area contributed by atoms with Gasteiger partial charge in [-0.1, -0.05) is 15.9 Å². The second-order valence-corrected chi connectivity index (χ2v) is 5.52. The van der Waals surface area contributed by atoms with Crippen LogP contribution in [-0.4, -0.2) is 25.6 Å². The first-order valence-electron chi connectivity index (χ1n) is 7.07. The molecule has 0 aliphatic rings. The molecule has 0 atom stereocenters. The Morgan fingerprint density at radius 3 is 2.52 bits per heavy atom. The lowest BCUT2D eigenvalue weighted by Crippen LogP contribution is -2.24. The zero-order valence-electron chi connectivity index (χ0n) is 12.1. The minimum atomic E-state index is 0. The van der Waals surface area contributed by atoms with Crippen LogP contribution in [0.5, 0.6) is 5.75 Å². The Morgan fingerprint density at radius 2 is 1.86 bits per heavy atom. The molecule has 3 N–H and O–H groups in total. The predicted octanol–water partition coefficient (Wildman–Crippen LogP) is 3.28. The summed E-state index contributed by atoms with van der Waals surface area (Å²) >= 11 is 3.38. The highest BCUT2D eigenvalue weighted by Crippen LogP contribution is 2.16. The Labute approximate surface area is 141 Å². The lowest BCUT2D eigenvalue weighted by atomic mass is 10.2. The van der Waals surface area contributed by atoms with E-state index in [0.29, 0.717) is 19.6 Å². The smallest absolute Gasteiger partial charge is 0.219 e. The summed E-state index contributed by atoms with van der Waals surface area (Å²) in [5.74, 6) is 0.977. The van der Waals surface area contributed by atoms with E-state index in [2.05, 4.69) is 21.2 Å². The number of amides is 1. The molecule has 1 aromatic rings.